The van der Waals surface area contributed by atoms with E-state index in [1.54, 1.807) is 6.07 Å². The van der Waals surface area contributed by atoms with E-state index in [0.717, 1.165) is 5.56 Å². The summed E-state index contributed by atoms with van der Waals surface area (Å²) in [5.41, 5.74) is 7.64. The molecule has 0 aliphatic heterocycles. The maximum atomic E-state index is 12.2. The van der Waals surface area contributed by atoms with Gasteiger partial charge in [0.2, 0.25) is 0 Å². The van der Waals surface area contributed by atoms with Gasteiger partial charge in [0.15, 0.2) is 0 Å². The minimum Gasteiger partial charge on any atom is -0.406 e. The highest BCUT2D eigenvalue weighted by Gasteiger charge is 2.31. The lowest BCUT2D eigenvalue weighted by Crippen LogP contribution is -2.42. The summed E-state index contributed by atoms with van der Waals surface area (Å²) in [6.45, 7) is 0.530. The van der Waals surface area contributed by atoms with Gasteiger partial charge in [-0.15, -0.1) is 13.2 Å². The number of benzene rings is 2. The van der Waals surface area contributed by atoms with Crippen LogP contribution in [0.15, 0.2) is 54.6 Å². The Morgan fingerprint density at radius 3 is 2.40 bits per heavy atom. The molecule has 2 aromatic carbocycles. The fraction of sp³-hybridized carbons (Fsp3) is 0.333. The van der Waals surface area contributed by atoms with Crippen LogP contribution in [-0.4, -0.2) is 30.2 Å². The number of hydrogen-bond donors (Lipinski definition) is 3. The molecule has 2 rings (SSSR count). The van der Waals surface area contributed by atoms with Crippen molar-refractivity contribution in [1.29, 1.82) is 0 Å². The highest BCUT2D eigenvalue weighted by molar-refractivity contribution is 5.28. The highest BCUT2D eigenvalue weighted by Crippen LogP contribution is 2.23. The van der Waals surface area contributed by atoms with E-state index < -0.39 is 18.5 Å². The Kier molecular flexibility index (Phi) is 6.81. The molecule has 0 unspecified atom stereocenters. The predicted octanol–water partition coefficient (Wildman–Crippen LogP) is 2.61. The molecule has 4 N–H and O–H groups in total. The van der Waals surface area contributed by atoms with E-state index >= 15 is 0 Å². The van der Waals surface area contributed by atoms with Gasteiger partial charge < -0.3 is 20.9 Å². The first kappa shape index (κ1) is 19.2. The third kappa shape index (κ3) is 7.13. The Balaban J connectivity index is 1.79. The van der Waals surface area contributed by atoms with Crippen LogP contribution in [0.4, 0.5) is 13.2 Å². The molecule has 136 valence electrons. The molecule has 4 nitrogen and oxygen atoms in total. The lowest BCUT2D eigenvalue weighted by molar-refractivity contribution is -0.274. The first-order valence-corrected chi connectivity index (χ1v) is 7.86. The first-order valence-electron chi connectivity index (χ1n) is 7.86. The lowest BCUT2D eigenvalue weighted by Gasteiger charge is -2.19. The van der Waals surface area contributed by atoms with Gasteiger partial charge in [-0.2, -0.15) is 0 Å². The lowest BCUT2D eigenvalue weighted by atomic mass is 10.0. The van der Waals surface area contributed by atoms with Crippen molar-refractivity contribution < 1.29 is 23.0 Å². The summed E-state index contributed by atoms with van der Waals surface area (Å²) in [5, 5.41) is 13.1. The largest absolute Gasteiger partial charge is 0.573 e. The Morgan fingerprint density at radius 2 is 1.72 bits per heavy atom. The van der Waals surface area contributed by atoms with Crippen molar-refractivity contribution >= 4 is 0 Å². The van der Waals surface area contributed by atoms with Crippen LogP contribution in [0.25, 0.3) is 0 Å². The molecule has 2 atom stereocenters. The van der Waals surface area contributed by atoms with E-state index in [9.17, 15) is 18.3 Å². The summed E-state index contributed by atoms with van der Waals surface area (Å²) in [4.78, 5) is 0. The summed E-state index contributed by atoms with van der Waals surface area (Å²) < 4.78 is 40.5. The summed E-state index contributed by atoms with van der Waals surface area (Å²) >= 11 is 0. The van der Waals surface area contributed by atoms with E-state index in [1.807, 2.05) is 30.3 Å². The van der Waals surface area contributed by atoms with E-state index in [0.29, 0.717) is 18.5 Å². The third-order valence-corrected chi connectivity index (χ3v) is 3.62. The van der Waals surface area contributed by atoms with Crippen molar-refractivity contribution in [2.45, 2.75) is 31.5 Å². The molecule has 0 amide bonds. The average molecular weight is 354 g/mol. The van der Waals surface area contributed by atoms with Crippen molar-refractivity contribution in [2.75, 3.05) is 6.54 Å². The van der Waals surface area contributed by atoms with Crippen LogP contribution >= 0.6 is 0 Å². The van der Waals surface area contributed by atoms with Crippen molar-refractivity contribution in [3.8, 4) is 5.75 Å². The molecule has 0 aliphatic carbocycles. The number of ether oxygens (including phenoxy) is 1. The van der Waals surface area contributed by atoms with Crippen molar-refractivity contribution in [2.24, 2.45) is 5.73 Å². The summed E-state index contributed by atoms with van der Waals surface area (Å²) in [7, 11) is 0. The maximum Gasteiger partial charge on any atom is 0.573 e. The van der Waals surface area contributed by atoms with Crippen LogP contribution < -0.4 is 15.8 Å². The molecule has 25 heavy (non-hydrogen) atoms. The van der Waals surface area contributed by atoms with Crippen LogP contribution in [0.1, 0.15) is 11.1 Å². The zero-order valence-corrected chi connectivity index (χ0v) is 13.5. The van der Waals surface area contributed by atoms with E-state index in [-0.39, 0.29) is 12.3 Å². The minimum atomic E-state index is -4.72. The smallest absolute Gasteiger partial charge is 0.406 e. The van der Waals surface area contributed by atoms with E-state index in [1.165, 1.54) is 18.2 Å². The van der Waals surface area contributed by atoms with Crippen LogP contribution in [-0.2, 0) is 13.0 Å². The molecule has 7 heteroatoms. The van der Waals surface area contributed by atoms with E-state index in [4.69, 9.17) is 5.73 Å². The number of hydrogen-bond acceptors (Lipinski definition) is 4. The van der Waals surface area contributed by atoms with Gasteiger partial charge in [0.05, 0.1) is 6.10 Å². The van der Waals surface area contributed by atoms with E-state index in [2.05, 4.69) is 10.1 Å². The SMILES string of the molecule is N[C@@H](Cc1ccccc1)[C@H](O)CNCc1cccc(OC(F)(F)F)c1. The van der Waals surface area contributed by atoms with Gasteiger partial charge in [-0.05, 0) is 29.7 Å². The Morgan fingerprint density at radius 1 is 1.04 bits per heavy atom. The van der Waals surface area contributed by atoms with Crippen molar-refractivity contribution in [3.63, 3.8) is 0 Å². The number of nitrogens with two attached hydrogens (primary N) is 1. The average Bonchev–Trinajstić information content (AvgIpc) is 2.54. The second-order valence-corrected chi connectivity index (χ2v) is 5.75. The van der Waals surface area contributed by atoms with Crippen LogP contribution in [0, 0.1) is 0 Å². The third-order valence-electron chi connectivity index (χ3n) is 3.62. The van der Waals surface area contributed by atoms with Gasteiger partial charge in [0.1, 0.15) is 5.75 Å². The zero-order chi connectivity index (χ0) is 18.3. The summed E-state index contributed by atoms with van der Waals surface area (Å²) in [6, 6.07) is 14.9. The molecular formula is C18H21F3N2O2. The number of nitrogens with one attached hydrogen (secondary N) is 1. The Labute approximate surface area is 144 Å². The quantitative estimate of drug-likeness (QED) is 0.682. The second kappa shape index (κ2) is 8.84. The Hall–Kier alpha value is -2.09. The van der Waals surface area contributed by atoms with Crippen molar-refractivity contribution in [1.82, 2.24) is 5.32 Å². The van der Waals surface area contributed by atoms with Gasteiger partial charge >= 0.3 is 6.36 Å². The number of aliphatic hydroxyl groups excluding tert-OH is 1. The molecule has 0 spiro atoms. The van der Waals surface area contributed by atoms with Gasteiger partial charge in [-0.1, -0.05) is 42.5 Å². The number of aliphatic hydroxyl groups is 1. The number of rotatable bonds is 8. The number of alkyl halides is 3. The molecule has 0 bridgehead atoms. The minimum absolute atomic E-state index is 0.234. The monoisotopic (exact) mass is 354 g/mol. The van der Waals surface area contributed by atoms with Gasteiger partial charge in [-0.25, -0.2) is 0 Å². The fourth-order valence-electron chi connectivity index (χ4n) is 2.39. The second-order valence-electron chi connectivity index (χ2n) is 5.75. The number of halogens is 3. The molecule has 0 heterocycles. The topological polar surface area (TPSA) is 67.5 Å². The molecular weight excluding hydrogens is 333 g/mol. The summed E-state index contributed by atoms with van der Waals surface area (Å²) in [5.74, 6) is -0.270. The molecule has 0 fully saturated rings. The maximum absolute atomic E-state index is 12.2. The predicted molar refractivity (Wildman–Crippen MR) is 89.0 cm³/mol. The van der Waals surface area contributed by atoms with Gasteiger partial charge in [-0.3, -0.25) is 0 Å². The molecule has 0 aliphatic rings. The van der Waals surface area contributed by atoms with Gasteiger partial charge in [0, 0.05) is 19.1 Å². The molecule has 0 aromatic heterocycles. The van der Waals surface area contributed by atoms with Crippen LogP contribution in [0.2, 0.25) is 0 Å². The molecule has 0 saturated heterocycles. The van der Waals surface area contributed by atoms with Crippen LogP contribution in [0.3, 0.4) is 0 Å². The fourth-order valence-corrected chi connectivity index (χ4v) is 2.39. The standard InChI is InChI=1S/C18H21F3N2O2/c19-18(20,21)25-15-8-4-7-14(9-15)11-23-12-17(24)16(22)10-13-5-2-1-3-6-13/h1-9,16-17,23-24H,10-12,22H2/t16-,17+/m0/s1. The Bertz CT molecular complexity index is 650. The van der Waals surface area contributed by atoms with Gasteiger partial charge in [0.25, 0.3) is 0 Å². The highest BCUT2D eigenvalue weighted by atomic mass is 19.4. The summed E-state index contributed by atoms with van der Waals surface area (Å²) in [6.07, 6.45) is -4.94. The molecule has 0 radical (unpaired) electrons. The first-order chi connectivity index (χ1) is 11.8. The van der Waals surface area contributed by atoms with Crippen molar-refractivity contribution in [3.05, 3.63) is 65.7 Å². The van der Waals surface area contributed by atoms with Crippen LogP contribution in [0.5, 0.6) is 5.75 Å². The normalized spacial score (nSPS) is 14.1. The molecule has 2 aromatic rings. The molecule has 0 saturated carbocycles. The zero-order valence-electron chi connectivity index (χ0n) is 13.5.